The number of nitrogens with zero attached hydrogens (tertiary/aromatic N) is 4. The van der Waals surface area contributed by atoms with Crippen molar-refractivity contribution < 1.29 is 4.79 Å². The van der Waals surface area contributed by atoms with Crippen molar-refractivity contribution in [2.45, 2.75) is 26.3 Å². The number of imidazole rings is 1. The maximum atomic E-state index is 12.6. The van der Waals surface area contributed by atoms with Gasteiger partial charge in [0.2, 0.25) is 0 Å². The van der Waals surface area contributed by atoms with E-state index in [0.717, 1.165) is 38.3 Å². The first-order chi connectivity index (χ1) is 13.2. The molecule has 4 rings (SSSR count). The van der Waals surface area contributed by atoms with Crippen molar-refractivity contribution in [2.75, 3.05) is 13.1 Å². The number of carbonyl (C=O) groups excluding carboxylic acids is 1. The van der Waals surface area contributed by atoms with Crippen molar-refractivity contribution >= 4 is 5.91 Å². The molecule has 1 atom stereocenters. The molecule has 1 saturated heterocycles. The number of aromatic nitrogens is 3. The van der Waals surface area contributed by atoms with Crippen LogP contribution in [0.5, 0.6) is 0 Å². The standard InChI is InChI=1S/C22H24N4O/c1-17-14-24-21(26(17)16-18-7-3-2-4-8-18)13-19-10-12-25(15-19)22(27)20-9-5-6-11-23-20/h2-9,11,14,19H,10,12-13,15-16H2,1H3. The second-order valence-electron chi connectivity index (χ2n) is 7.21. The SMILES string of the molecule is Cc1cnc(CC2CCN(C(=O)c3ccccn3)C2)n1Cc1ccccc1. The Morgan fingerprint density at radius 1 is 1.11 bits per heavy atom. The maximum Gasteiger partial charge on any atom is 0.272 e. The zero-order valence-corrected chi connectivity index (χ0v) is 15.6. The minimum atomic E-state index is 0.0295. The molecule has 1 amide bonds. The van der Waals surface area contributed by atoms with Gasteiger partial charge in [-0.2, -0.15) is 0 Å². The van der Waals surface area contributed by atoms with Crippen LogP contribution in [0, 0.1) is 12.8 Å². The van der Waals surface area contributed by atoms with Gasteiger partial charge in [-0.3, -0.25) is 9.78 Å². The summed E-state index contributed by atoms with van der Waals surface area (Å²) >= 11 is 0. The summed E-state index contributed by atoms with van der Waals surface area (Å²) in [6.45, 7) is 4.50. The van der Waals surface area contributed by atoms with Gasteiger partial charge in [-0.25, -0.2) is 4.98 Å². The number of likely N-dealkylation sites (tertiary alicyclic amines) is 1. The van der Waals surface area contributed by atoms with E-state index in [4.69, 9.17) is 0 Å². The number of hydrogen-bond donors (Lipinski definition) is 0. The number of amides is 1. The van der Waals surface area contributed by atoms with E-state index in [1.54, 1.807) is 12.3 Å². The van der Waals surface area contributed by atoms with Gasteiger partial charge >= 0.3 is 0 Å². The number of aryl methyl sites for hydroxylation is 1. The van der Waals surface area contributed by atoms with Crippen molar-refractivity contribution in [3.8, 4) is 0 Å². The predicted molar refractivity (Wildman–Crippen MR) is 104 cm³/mol. The van der Waals surface area contributed by atoms with Crippen LogP contribution in [-0.4, -0.2) is 38.4 Å². The Bertz CT molecular complexity index is 905. The van der Waals surface area contributed by atoms with Crippen LogP contribution < -0.4 is 0 Å². The number of benzene rings is 1. The molecule has 5 heteroatoms. The average Bonchev–Trinajstić information content (AvgIpc) is 3.31. The summed E-state index contributed by atoms with van der Waals surface area (Å²) in [4.78, 5) is 23.4. The summed E-state index contributed by atoms with van der Waals surface area (Å²) in [5, 5.41) is 0. The molecule has 138 valence electrons. The van der Waals surface area contributed by atoms with E-state index in [-0.39, 0.29) is 5.91 Å². The molecule has 2 aromatic heterocycles. The first kappa shape index (κ1) is 17.5. The third kappa shape index (κ3) is 3.92. The number of rotatable bonds is 5. The highest BCUT2D eigenvalue weighted by Gasteiger charge is 2.28. The fourth-order valence-corrected chi connectivity index (χ4v) is 3.75. The summed E-state index contributed by atoms with van der Waals surface area (Å²) in [6, 6.07) is 15.9. The smallest absolute Gasteiger partial charge is 0.272 e. The predicted octanol–water partition coefficient (Wildman–Crippen LogP) is 3.34. The Balaban J connectivity index is 1.43. The second kappa shape index (κ2) is 7.74. The van der Waals surface area contributed by atoms with Gasteiger partial charge in [-0.15, -0.1) is 0 Å². The molecule has 1 fully saturated rings. The molecule has 1 aliphatic heterocycles. The molecule has 27 heavy (non-hydrogen) atoms. The summed E-state index contributed by atoms with van der Waals surface area (Å²) in [6.07, 6.45) is 5.52. The summed E-state index contributed by atoms with van der Waals surface area (Å²) < 4.78 is 2.29. The number of hydrogen-bond acceptors (Lipinski definition) is 3. The molecule has 0 aliphatic carbocycles. The third-order valence-electron chi connectivity index (χ3n) is 5.25. The lowest BCUT2D eigenvalue weighted by atomic mass is 10.0. The molecule has 1 unspecified atom stereocenters. The Labute approximate surface area is 159 Å². The third-order valence-corrected chi connectivity index (χ3v) is 5.25. The van der Waals surface area contributed by atoms with Crippen LogP contribution >= 0.6 is 0 Å². The van der Waals surface area contributed by atoms with Gasteiger partial charge in [-0.05, 0) is 37.0 Å². The van der Waals surface area contributed by atoms with Crippen molar-refractivity contribution in [1.29, 1.82) is 0 Å². The lowest BCUT2D eigenvalue weighted by molar-refractivity contribution is 0.0781. The Kier molecular flexibility index (Phi) is 5.01. The zero-order valence-electron chi connectivity index (χ0n) is 15.6. The van der Waals surface area contributed by atoms with Crippen LogP contribution in [0.1, 0.15) is 34.0 Å². The Morgan fingerprint density at radius 3 is 2.70 bits per heavy atom. The molecular formula is C22H24N4O. The summed E-state index contributed by atoms with van der Waals surface area (Å²) in [7, 11) is 0. The van der Waals surface area contributed by atoms with Crippen LogP contribution in [-0.2, 0) is 13.0 Å². The van der Waals surface area contributed by atoms with Crippen molar-refractivity contribution in [1.82, 2.24) is 19.4 Å². The van der Waals surface area contributed by atoms with Gasteiger partial charge in [-0.1, -0.05) is 36.4 Å². The topological polar surface area (TPSA) is 51.0 Å². The molecule has 3 heterocycles. The monoisotopic (exact) mass is 360 g/mol. The van der Waals surface area contributed by atoms with Gasteiger partial charge in [0.05, 0.1) is 0 Å². The highest BCUT2D eigenvalue weighted by molar-refractivity contribution is 5.92. The number of carbonyl (C=O) groups is 1. The van der Waals surface area contributed by atoms with Gasteiger partial charge < -0.3 is 9.47 Å². The lowest BCUT2D eigenvalue weighted by Crippen LogP contribution is -2.29. The average molecular weight is 360 g/mol. The molecule has 0 saturated carbocycles. The minimum Gasteiger partial charge on any atom is -0.337 e. The van der Waals surface area contributed by atoms with Gasteiger partial charge in [0.15, 0.2) is 0 Å². The van der Waals surface area contributed by atoms with Crippen LogP contribution in [0.2, 0.25) is 0 Å². The van der Waals surface area contributed by atoms with Gasteiger partial charge in [0.25, 0.3) is 5.91 Å². The highest BCUT2D eigenvalue weighted by Crippen LogP contribution is 2.23. The normalized spacial score (nSPS) is 16.6. The fraction of sp³-hybridized carbons (Fsp3) is 0.318. The molecule has 0 spiro atoms. The Morgan fingerprint density at radius 2 is 1.93 bits per heavy atom. The van der Waals surface area contributed by atoms with E-state index in [9.17, 15) is 4.79 Å². The molecule has 0 N–H and O–H groups in total. The first-order valence-electron chi connectivity index (χ1n) is 9.46. The Hall–Kier alpha value is -2.95. The molecule has 5 nitrogen and oxygen atoms in total. The van der Waals surface area contributed by atoms with Crippen molar-refractivity contribution in [2.24, 2.45) is 5.92 Å². The van der Waals surface area contributed by atoms with E-state index in [1.807, 2.05) is 29.3 Å². The second-order valence-corrected chi connectivity index (χ2v) is 7.21. The molecular weight excluding hydrogens is 336 g/mol. The quantitative estimate of drug-likeness (QED) is 0.701. The number of pyridine rings is 1. The van der Waals surface area contributed by atoms with E-state index in [2.05, 4.69) is 45.7 Å². The van der Waals surface area contributed by atoms with Gasteiger partial charge in [0, 0.05) is 44.1 Å². The summed E-state index contributed by atoms with van der Waals surface area (Å²) in [5.74, 6) is 1.57. The van der Waals surface area contributed by atoms with Crippen LogP contribution in [0.15, 0.2) is 60.9 Å². The molecule has 0 bridgehead atoms. The fourth-order valence-electron chi connectivity index (χ4n) is 3.75. The highest BCUT2D eigenvalue weighted by atomic mass is 16.2. The van der Waals surface area contributed by atoms with E-state index in [0.29, 0.717) is 11.6 Å². The van der Waals surface area contributed by atoms with Crippen molar-refractivity contribution in [3.63, 3.8) is 0 Å². The first-order valence-corrected chi connectivity index (χ1v) is 9.46. The van der Waals surface area contributed by atoms with Crippen LogP contribution in [0.25, 0.3) is 0 Å². The van der Waals surface area contributed by atoms with E-state index >= 15 is 0 Å². The van der Waals surface area contributed by atoms with E-state index in [1.165, 1.54) is 11.3 Å². The lowest BCUT2D eigenvalue weighted by Gasteiger charge is -2.16. The maximum absolute atomic E-state index is 12.6. The molecule has 0 radical (unpaired) electrons. The zero-order chi connectivity index (χ0) is 18.6. The van der Waals surface area contributed by atoms with Crippen molar-refractivity contribution in [3.05, 3.63) is 83.7 Å². The molecule has 1 aromatic carbocycles. The molecule has 3 aromatic rings. The largest absolute Gasteiger partial charge is 0.337 e. The molecule has 1 aliphatic rings. The van der Waals surface area contributed by atoms with Crippen LogP contribution in [0.3, 0.4) is 0 Å². The summed E-state index contributed by atoms with van der Waals surface area (Å²) in [5.41, 5.74) is 2.98. The minimum absolute atomic E-state index is 0.0295. The van der Waals surface area contributed by atoms with Crippen LogP contribution in [0.4, 0.5) is 0 Å². The van der Waals surface area contributed by atoms with Gasteiger partial charge in [0.1, 0.15) is 11.5 Å². The van der Waals surface area contributed by atoms with E-state index < -0.39 is 0 Å².